The Labute approximate surface area is 47.3 Å². The van der Waals surface area contributed by atoms with E-state index in [2.05, 4.69) is 11.4 Å². The van der Waals surface area contributed by atoms with Gasteiger partial charge in [0.1, 0.15) is 0 Å². The van der Waals surface area contributed by atoms with E-state index in [4.69, 9.17) is 11.8 Å². The minimum absolute atomic E-state index is 0. The van der Waals surface area contributed by atoms with Crippen LogP contribution in [0, 0.1) is 0 Å². The average Bonchev–Trinajstić information content (AvgIpc) is 1.61. The quantitative estimate of drug-likeness (QED) is 0.250. The van der Waals surface area contributed by atoms with E-state index in [0.29, 0.717) is 6.61 Å². The number of hydrogen-bond donors (Lipinski definition) is 1. The maximum atomic E-state index is 4.86. The summed E-state index contributed by atoms with van der Waals surface area (Å²) in [5.74, 6) is 0. The van der Waals surface area contributed by atoms with Crippen LogP contribution >= 0.6 is 11.8 Å². The molecule has 44 valence electrons. The molecule has 0 aromatic heterocycles. The van der Waals surface area contributed by atoms with E-state index in [1.54, 1.807) is 6.08 Å². The zero-order chi connectivity index (χ0) is 4.83. The fourth-order valence-electron chi connectivity index (χ4n) is 0.0904. The maximum absolute atomic E-state index is 4.86. The first-order valence-electron chi connectivity index (χ1n) is 1.50. The summed E-state index contributed by atoms with van der Waals surface area (Å²) in [6.07, 6.45) is 1.59. The molecule has 0 aromatic rings. The Balaban J connectivity index is 0. The van der Waals surface area contributed by atoms with Gasteiger partial charge in [0.05, 0.1) is 6.61 Å². The van der Waals surface area contributed by atoms with Crippen LogP contribution < -0.4 is 5.00 Å². The van der Waals surface area contributed by atoms with Gasteiger partial charge in [0.2, 0.25) is 0 Å². The summed E-state index contributed by atoms with van der Waals surface area (Å²) >= 11 is 4.86. The van der Waals surface area contributed by atoms with Gasteiger partial charge in [-0.3, -0.25) is 4.84 Å². The molecule has 3 N–H and O–H groups in total. The van der Waals surface area contributed by atoms with Crippen molar-refractivity contribution >= 4 is 11.8 Å². The van der Waals surface area contributed by atoms with E-state index in [0.717, 1.165) is 0 Å². The van der Waals surface area contributed by atoms with Gasteiger partial charge < -0.3 is 5.48 Å². The van der Waals surface area contributed by atoms with Crippen LogP contribution in [0.15, 0.2) is 12.7 Å². The Morgan fingerprint density at radius 2 is 2.43 bits per heavy atom. The van der Waals surface area contributed by atoms with Gasteiger partial charge in [0.15, 0.2) is 0 Å². The lowest BCUT2D eigenvalue weighted by molar-refractivity contribution is 0.122. The summed E-state index contributed by atoms with van der Waals surface area (Å²) < 4.78 is 0. The van der Waals surface area contributed by atoms with Gasteiger partial charge in [-0.25, -0.2) is 0 Å². The fraction of sp³-hybridized carbons (Fsp3) is 0.333. The average molecular weight is 126 g/mol. The van der Waals surface area contributed by atoms with Crippen LogP contribution in [0.25, 0.3) is 0 Å². The van der Waals surface area contributed by atoms with E-state index >= 15 is 0 Å². The van der Waals surface area contributed by atoms with Gasteiger partial charge in [-0.1, -0.05) is 6.08 Å². The zero-order valence-electron chi connectivity index (χ0n) is 3.78. The van der Waals surface area contributed by atoms with Crippen molar-refractivity contribution in [1.82, 2.24) is 5.00 Å². The van der Waals surface area contributed by atoms with Crippen molar-refractivity contribution in [2.75, 3.05) is 6.61 Å². The lowest BCUT2D eigenvalue weighted by Gasteiger charge is -1.87. The Morgan fingerprint density at radius 1 is 1.86 bits per heavy atom. The molecule has 0 atom stereocenters. The second-order valence-corrected chi connectivity index (χ2v) is 0.831. The molecule has 0 heterocycles. The molecule has 0 aromatic carbocycles. The summed E-state index contributed by atoms with van der Waals surface area (Å²) in [4.78, 5) is 6.35. The summed E-state index contributed by atoms with van der Waals surface area (Å²) in [7, 11) is 0. The monoisotopic (exact) mass is 125 g/mol. The Morgan fingerprint density at radius 3 is 2.57 bits per heavy atom. The maximum Gasteiger partial charge on any atom is 0.0876 e. The van der Waals surface area contributed by atoms with Crippen molar-refractivity contribution in [3.05, 3.63) is 12.7 Å². The lowest BCUT2D eigenvalue weighted by atomic mass is 10.7. The predicted octanol–water partition coefficient (Wildman–Crippen LogP) is 0.0227. The first kappa shape index (κ1) is 10.0. The smallest absolute Gasteiger partial charge is 0.0876 e. The Hall–Kier alpha value is -0.0900. The minimum Gasteiger partial charge on any atom is -0.412 e. The van der Waals surface area contributed by atoms with Gasteiger partial charge in [0, 0.05) is 11.8 Å². The highest BCUT2D eigenvalue weighted by molar-refractivity contribution is 6.12. The van der Waals surface area contributed by atoms with Crippen LogP contribution in [0.5, 0.6) is 0 Å². The van der Waals surface area contributed by atoms with E-state index in [1.807, 2.05) is 5.00 Å². The van der Waals surface area contributed by atoms with Crippen molar-refractivity contribution in [3.63, 3.8) is 0 Å². The largest absolute Gasteiger partial charge is 0.412 e. The lowest BCUT2D eigenvalue weighted by Crippen LogP contribution is -1.98. The van der Waals surface area contributed by atoms with Crippen LogP contribution in [0.2, 0.25) is 0 Å². The molecule has 4 heteroatoms. The molecule has 0 aliphatic heterocycles. The molecule has 0 radical (unpaired) electrons. The first-order chi connectivity index (χ1) is 2.91. The standard InChI is InChI=1S/C3H6ClNO.H2O/c1-2-3-6-5-4;/h2,5H,1,3H2;1H2. The molecule has 3 nitrogen and oxygen atoms in total. The summed E-state index contributed by atoms with van der Waals surface area (Å²) in [6, 6.07) is 0. The topological polar surface area (TPSA) is 52.8 Å². The molecule has 0 bridgehead atoms. The normalized spacial score (nSPS) is 7.00. The molecule has 0 aliphatic rings. The molecule has 0 saturated heterocycles. The van der Waals surface area contributed by atoms with Crippen molar-refractivity contribution in [3.8, 4) is 0 Å². The third-order valence-electron chi connectivity index (χ3n) is 0.256. The van der Waals surface area contributed by atoms with E-state index in [9.17, 15) is 0 Å². The predicted molar refractivity (Wildman–Crippen MR) is 28.8 cm³/mol. The molecule has 0 amide bonds. The van der Waals surface area contributed by atoms with Gasteiger partial charge in [-0.05, 0) is 0 Å². The van der Waals surface area contributed by atoms with E-state index in [1.165, 1.54) is 0 Å². The SMILES string of the molecule is C=CCONCl.O. The van der Waals surface area contributed by atoms with Crippen molar-refractivity contribution in [2.24, 2.45) is 0 Å². The Bertz CT molecular complexity index is 41.9. The highest BCUT2D eigenvalue weighted by Crippen LogP contribution is 1.66. The molecular formula is C3H8ClNO2. The molecule has 0 rings (SSSR count). The van der Waals surface area contributed by atoms with Gasteiger partial charge >= 0.3 is 0 Å². The zero-order valence-corrected chi connectivity index (χ0v) is 4.53. The second-order valence-electron chi connectivity index (χ2n) is 0.677. The minimum atomic E-state index is 0. The molecule has 0 saturated carbocycles. The number of nitrogens with one attached hydrogen (secondary N) is 1. The van der Waals surface area contributed by atoms with Crippen molar-refractivity contribution in [1.29, 1.82) is 0 Å². The molecule has 0 spiro atoms. The Kier molecular flexibility index (Phi) is 13.3. The van der Waals surface area contributed by atoms with E-state index in [-0.39, 0.29) is 5.48 Å². The van der Waals surface area contributed by atoms with Crippen molar-refractivity contribution < 1.29 is 10.3 Å². The van der Waals surface area contributed by atoms with Gasteiger partial charge in [0.25, 0.3) is 0 Å². The highest BCUT2D eigenvalue weighted by Gasteiger charge is 1.68. The van der Waals surface area contributed by atoms with E-state index < -0.39 is 0 Å². The van der Waals surface area contributed by atoms with Crippen LogP contribution in [0.1, 0.15) is 0 Å². The fourth-order valence-corrected chi connectivity index (χ4v) is 0.153. The van der Waals surface area contributed by atoms with Crippen LogP contribution in [-0.2, 0) is 4.84 Å². The number of hydrogen-bond acceptors (Lipinski definition) is 2. The first-order valence-corrected chi connectivity index (χ1v) is 1.88. The highest BCUT2D eigenvalue weighted by atomic mass is 35.5. The third-order valence-corrected chi connectivity index (χ3v) is 0.365. The molecule has 7 heavy (non-hydrogen) atoms. The number of rotatable bonds is 3. The molecular weight excluding hydrogens is 117 g/mol. The van der Waals surface area contributed by atoms with Gasteiger partial charge in [-0.2, -0.15) is 0 Å². The van der Waals surface area contributed by atoms with Crippen LogP contribution in [0.4, 0.5) is 0 Å². The summed E-state index contributed by atoms with van der Waals surface area (Å²) in [5.41, 5.74) is 0. The van der Waals surface area contributed by atoms with Crippen LogP contribution in [-0.4, -0.2) is 12.1 Å². The number of halogens is 1. The summed E-state index contributed by atoms with van der Waals surface area (Å²) in [6.45, 7) is 3.81. The third kappa shape index (κ3) is 10.7. The van der Waals surface area contributed by atoms with Crippen molar-refractivity contribution in [2.45, 2.75) is 0 Å². The van der Waals surface area contributed by atoms with Gasteiger partial charge in [-0.15, -0.1) is 11.6 Å². The molecule has 0 aliphatic carbocycles. The summed E-state index contributed by atoms with van der Waals surface area (Å²) in [5, 5.41) is 0. The molecule has 0 fully saturated rings. The van der Waals surface area contributed by atoms with Crippen LogP contribution in [0.3, 0.4) is 0 Å². The second kappa shape index (κ2) is 9.32. The molecule has 0 unspecified atom stereocenters.